The molecular weight excluding hydrogens is 192 g/mol. The van der Waals surface area contributed by atoms with Gasteiger partial charge in [0.05, 0.1) is 12.6 Å². The Balaban J connectivity index is 2.01. The lowest BCUT2D eigenvalue weighted by molar-refractivity contribution is 0.0502. The maximum atomic E-state index is 12.1. The van der Waals surface area contributed by atoms with Crippen molar-refractivity contribution in [3.05, 3.63) is 11.8 Å². The second-order valence-electron chi connectivity index (χ2n) is 4.28. The molecule has 3 rings (SSSR count). The molecule has 1 amide bonds. The summed E-state index contributed by atoms with van der Waals surface area (Å²) in [5.74, 6) is 0.536. The number of nitrogen functional groups attached to an aromatic ring is 1. The Morgan fingerprint density at radius 2 is 2.33 bits per heavy atom. The summed E-state index contributed by atoms with van der Waals surface area (Å²) >= 11 is 0. The van der Waals surface area contributed by atoms with Crippen molar-refractivity contribution in [2.75, 3.05) is 12.3 Å². The first-order valence-corrected chi connectivity index (χ1v) is 5.40. The molecule has 0 spiro atoms. The van der Waals surface area contributed by atoms with Gasteiger partial charge in [0.2, 0.25) is 0 Å². The van der Waals surface area contributed by atoms with Crippen LogP contribution in [0.2, 0.25) is 0 Å². The molecule has 0 aliphatic carbocycles. The molecule has 15 heavy (non-hydrogen) atoms. The van der Waals surface area contributed by atoms with Crippen molar-refractivity contribution in [3.63, 3.8) is 0 Å². The summed E-state index contributed by atoms with van der Waals surface area (Å²) in [6.45, 7) is 1.69. The van der Waals surface area contributed by atoms with Gasteiger partial charge in [0, 0.05) is 12.6 Å². The molecule has 0 radical (unpaired) electrons. The highest BCUT2D eigenvalue weighted by molar-refractivity contribution is 5.94. The molecule has 0 bridgehead atoms. The third kappa shape index (κ3) is 1.22. The number of fused-ring (bicyclic) bond motifs is 2. The number of aromatic nitrogens is 2. The van der Waals surface area contributed by atoms with E-state index in [2.05, 4.69) is 5.10 Å². The van der Waals surface area contributed by atoms with E-state index in [9.17, 15) is 4.79 Å². The van der Waals surface area contributed by atoms with Crippen molar-refractivity contribution in [3.8, 4) is 0 Å². The number of carbonyl (C=O) groups excluding carboxylic acids is 1. The van der Waals surface area contributed by atoms with Crippen LogP contribution < -0.4 is 5.73 Å². The molecule has 5 heteroatoms. The SMILES string of the molecule is Nc1cc2n(n1)C[C@@H]1CCCCN1C2=O. The first-order chi connectivity index (χ1) is 7.25. The standard InChI is InChI=1S/C10H14N4O/c11-9-5-8-10(15)13-4-2-1-3-7(13)6-14(8)12-9/h5,7H,1-4,6H2,(H2,11,12)/t7-/m0/s1. The van der Waals surface area contributed by atoms with Crippen LogP contribution in [0.15, 0.2) is 6.07 Å². The van der Waals surface area contributed by atoms with Gasteiger partial charge in [-0.05, 0) is 19.3 Å². The molecule has 0 saturated carbocycles. The van der Waals surface area contributed by atoms with Gasteiger partial charge in [-0.3, -0.25) is 9.48 Å². The topological polar surface area (TPSA) is 64.2 Å². The quantitative estimate of drug-likeness (QED) is 0.671. The maximum absolute atomic E-state index is 12.1. The van der Waals surface area contributed by atoms with E-state index in [0.717, 1.165) is 25.9 Å². The number of hydrogen-bond acceptors (Lipinski definition) is 3. The molecule has 2 aliphatic rings. The third-order valence-corrected chi connectivity index (χ3v) is 3.29. The van der Waals surface area contributed by atoms with Crippen LogP contribution in [-0.4, -0.2) is 33.2 Å². The number of amides is 1. The lowest BCUT2D eigenvalue weighted by atomic mass is 10.00. The Labute approximate surface area is 87.8 Å². The van der Waals surface area contributed by atoms with Gasteiger partial charge in [-0.15, -0.1) is 0 Å². The van der Waals surface area contributed by atoms with E-state index in [1.165, 1.54) is 6.42 Å². The van der Waals surface area contributed by atoms with Crippen LogP contribution in [-0.2, 0) is 6.54 Å². The van der Waals surface area contributed by atoms with E-state index < -0.39 is 0 Å². The number of hydrogen-bond donors (Lipinski definition) is 1. The minimum Gasteiger partial charge on any atom is -0.382 e. The van der Waals surface area contributed by atoms with Crippen LogP contribution in [0.25, 0.3) is 0 Å². The normalized spacial score (nSPS) is 24.9. The van der Waals surface area contributed by atoms with E-state index in [1.54, 1.807) is 10.7 Å². The Kier molecular flexibility index (Phi) is 1.74. The fourth-order valence-corrected chi connectivity index (χ4v) is 2.55. The van der Waals surface area contributed by atoms with E-state index in [1.807, 2.05) is 4.90 Å². The molecule has 0 unspecified atom stereocenters. The summed E-state index contributed by atoms with van der Waals surface area (Å²) in [4.78, 5) is 14.0. The maximum Gasteiger partial charge on any atom is 0.272 e. The summed E-state index contributed by atoms with van der Waals surface area (Å²) in [6.07, 6.45) is 3.41. The second-order valence-corrected chi connectivity index (χ2v) is 4.28. The minimum absolute atomic E-state index is 0.0927. The molecular formula is C10H14N4O. The second kappa shape index (κ2) is 2.98. The third-order valence-electron chi connectivity index (χ3n) is 3.29. The summed E-state index contributed by atoms with van der Waals surface area (Å²) < 4.78 is 1.75. The van der Waals surface area contributed by atoms with Crippen LogP contribution in [0.4, 0.5) is 5.82 Å². The Hall–Kier alpha value is -1.52. The number of nitrogens with two attached hydrogens (primary N) is 1. The summed E-state index contributed by atoms with van der Waals surface area (Å²) in [5, 5.41) is 4.14. The predicted molar refractivity (Wildman–Crippen MR) is 55.3 cm³/mol. The average Bonchev–Trinajstić information content (AvgIpc) is 2.59. The first kappa shape index (κ1) is 8.76. The monoisotopic (exact) mass is 206 g/mol. The molecule has 1 atom stereocenters. The number of piperidine rings is 1. The lowest BCUT2D eigenvalue weighted by Crippen LogP contribution is -2.50. The van der Waals surface area contributed by atoms with E-state index in [4.69, 9.17) is 5.73 Å². The molecule has 1 aromatic rings. The van der Waals surface area contributed by atoms with E-state index in [0.29, 0.717) is 17.6 Å². The average molecular weight is 206 g/mol. The van der Waals surface area contributed by atoms with Crippen molar-refractivity contribution in [2.24, 2.45) is 0 Å². The molecule has 2 aliphatic heterocycles. The zero-order valence-electron chi connectivity index (χ0n) is 8.52. The smallest absolute Gasteiger partial charge is 0.272 e. The highest BCUT2D eigenvalue weighted by atomic mass is 16.2. The van der Waals surface area contributed by atoms with Crippen LogP contribution >= 0.6 is 0 Å². The van der Waals surface area contributed by atoms with Gasteiger partial charge >= 0.3 is 0 Å². The van der Waals surface area contributed by atoms with Crippen molar-refractivity contribution < 1.29 is 4.79 Å². The van der Waals surface area contributed by atoms with E-state index in [-0.39, 0.29) is 5.91 Å². The number of rotatable bonds is 0. The fourth-order valence-electron chi connectivity index (χ4n) is 2.55. The van der Waals surface area contributed by atoms with Crippen molar-refractivity contribution in [1.82, 2.24) is 14.7 Å². The zero-order chi connectivity index (χ0) is 10.4. The summed E-state index contributed by atoms with van der Waals surface area (Å²) in [6, 6.07) is 2.01. The van der Waals surface area contributed by atoms with Crippen molar-refractivity contribution in [2.45, 2.75) is 31.8 Å². The largest absolute Gasteiger partial charge is 0.382 e. The zero-order valence-corrected chi connectivity index (χ0v) is 8.52. The van der Waals surface area contributed by atoms with Crippen molar-refractivity contribution >= 4 is 11.7 Å². The van der Waals surface area contributed by atoms with Gasteiger partial charge in [0.15, 0.2) is 0 Å². The first-order valence-electron chi connectivity index (χ1n) is 5.40. The molecule has 1 fully saturated rings. The van der Waals surface area contributed by atoms with Gasteiger partial charge in [-0.1, -0.05) is 0 Å². The number of anilines is 1. The van der Waals surface area contributed by atoms with Gasteiger partial charge < -0.3 is 10.6 Å². The molecule has 1 saturated heterocycles. The summed E-state index contributed by atoms with van der Waals surface area (Å²) in [7, 11) is 0. The fraction of sp³-hybridized carbons (Fsp3) is 0.600. The highest BCUT2D eigenvalue weighted by Gasteiger charge is 2.34. The molecule has 0 aromatic carbocycles. The van der Waals surface area contributed by atoms with Crippen LogP contribution in [0, 0.1) is 0 Å². The van der Waals surface area contributed by atoms with Gasteiger partial charge in [-0.2, -0.15) is 5.10 Å². The van der Waals surface area contributed by atoms with Crippen molar-refractivity contribution in [1.29, 1.82) is 0 Å². The number of nitrogens with zero attached hydrogens (tertiary/aromatic N) is 3. The Morgan fingerprint density at radius 1 is 1.47 bits per heavy atom. The molecule has 3 heterocycles. The highest BCUT2D eigenvalue weighted by Crippen LogP contribution is 2.26. The lowest BCUT2D eigenvalue weighted by Gasteiger charge is -2.39. The summed E-state index contributed by atoms with van der Waals surface area (Å²) in [5.41, 5.74) is 6.25. The molecule has 80 valence electrons. The van der Waals surface area contributed by atoms with Gasteiger partial charge in [0.1, 0.15) is 11.5 Å². The van der Waals surface area contributed by atoms with Crippen LogP contribution in [0.1, 0.15) is 29.8 Å². The van der Waals surface area contributed by atoms with E-state index >= 15 is 0 Å². The molecule has 5 nitrogen and oxygen atoms in total. The Morgan fingerprint density at radius 3 is 3.20 bits per heavy atom. The van der Waals surface area contributed by atoms with Crippen LogP contribution in [0.5, 0.6) is 0 Å². The number of carbonyl (C=O) groups is 1. The predicted octanol–water partition coefficient (Wildman–Crippen LogP) is 0.474. The van der Waals surface area contributed by atoms with Crippen LogP contribution in [0.3, 0.4) is 0 Å². The minimum atomic E-state index is 0.0927. The Bertz CT molecular complexity index is 412. The van der Waals surface area contributed by atoms with Gasteiger partial charge in [0.25, 0.3) is 5.91 Å². The van der Waals surface area contributed by atoms with Gasteiger partial charge in [-0.25, -0.2) is 0 Å². The molecule has 2 N–H and O–H groups in total. The molecule has 1 aromatic heterocycles.